The Morgan fingerprint density at radius 3 is 0.423 bits per heavy atom. The average Bonchev–Trinajstić information content (AvgIpc) is 3.12. The van der Waals surface area contributed by atoms with E-state index in [0.29, 0.717) is 0 Å². The van der Waals surface area contributed by atoms with E-state index in [1.165, 1.54) is 292 Å². The quantitative estimate of drug-likeness (QED) is 0.0432. The van der Waals surface area contributed by atoms with E-state index in [1.807, 2.05) is 0 Å². The normalized spacial score (nSPS) is 12.3. The lowest BCUT2D eigenvalue weighted by Crippen LogP contribution is -2.41. The highest BCUT2D eigenvalue weighted by Crippen LogP contribution is 2.17. The molecule has 0 saturated heterocycles. The van der Waals surface area contributed by atoms with Crippen LogP contribution in [0.15, 0.2) is 0 Å². The molecule has 2 heteroatoms. The number of hydrogen-bond donors (Lipinski definition) is 0. The van der Waals surface area contributed by atoms with Gasteiger partial charge in [-0.25, -0.2) is 0 Å². The molecule has 0 fully saturated rings. The first kappa shape index (κ1) is 51.9. The maximum absolute atomic E-state index is 2.48. The highest BCUT2D eigenvalue weighted by Gasteiger charge is 2.16. The summed E-state index contributed by atoms with van der Waals surface area (Å²) in [6.45, 7) is 10.1. The highest BCUT2D eigenvalue weighted by atomic mass is 15.3. The molecule has 0 aromatic carbocycles. The Kier molecular flexibility index (Phi) is 40.5. The number of hydrogen-bond acceptors (Lipinski definition) is 0. The minimum atomic E-state index is 1.24. The van der Waals surface area contributed by atoms with E-state index in [1.54, 1.807) is 0 Å². The zero-order valence-corrected chi connectivity index (χ0v) is 38.0. The maximum Gasteiger partial charge on any atom is 0.0782 e. The number of rotatable bonds is 45. The standard InChI is InChI=1S/C50H106N2/c1-7-9-11-13-15-17-19-21-23-25-27-29-31-33-35-37-39-43-47-51(3,4)49-45-41-42-46-50-52(5,6)48-44-40-38-36-34-32-30-28-26-24-22-20-18-16-14-12-10-8-2/h7-50H2,1-6H3/q+2. The minimum Gasteiger partial charge on any atom is -0.328 e. The van der Waals surface area contributed by atoms with Crippen LogP contribution < -0.4 is 0 Å². The van der Waals surface area contributed by atoms with Gasteiger partial charge in [-0.2, -0.15) is 0 Å². The molecule has 0 aromatic heterocycles. The summed E-state index contributed by atoms with van der Waals surface area (Å²) in [5.41, 5.74) is 0. The summed E-state index contributed by atoms with van der Waals surface area (Å²) in [5.74, 6) is 0. The van der Waals surface area contributed by atoms with Gasteiger partial charge in [-0.05, 0) is 51.4 Å². The van der Waals surface area contributed by atoms with Crippen molar-refractivity contribution >= 4 is 0 Å². The molecule has 0 rings (SSSR count). The van der Waals surface area contributed by atoms with Crippen molar-refractivity contribution in [3.05, 3.63) is 0 Å². The Morgan fingerprint density at radius 1 is 0.173 bits per heavy atom. The minimum absolute atomic E-state index is 1.24. The van der Waals surface area contributed by atoms with Crippen LogP contribution in [0.1, 0.15) is 271 Å². The maximum atomic E-state index is 2.48. The zero-order chi connectivity index (χ0) is 38.1. The van der Waals surface area contributed by atoms with Gasteiger partial charge in [0.1, 0.15) is 0 Å². The molecule has 0 amide bonds. The Labute approximate surface area is 333 Å². The van der Waals surface area contributed by atoms with Gasteiger partial charge in [0.25, 0.3) is 0 Å². The van der Waals surface area contributed by atoms with Gasteiger partial charge in [-0.15, -0.1) is 0 Å². The summed E-state index contributed by atoms with van der Waals surface area (Å²) >= 11 is 0. The topological polar surface area (TPSA) is 0 Å². The molecule has 314 valence electrons. The van der Waals surface area contributed by atoms with Crippen molar-refractivity contribution in [1.82, 2.24) is 0 Å². The van der Waals surface area contributed by atoms with Crippen molar-refractivity contribution in [2.24, 2.45) is 0 Å². The third kappa shape index (κ3) is 42.7. The van der Waals surface area contributed by atoms with Crippen molar-refractivity contribution in [3.8, 4) is 0 Å². The van der Waals surface area contributed by atoms with Gasteiger partial charge in [0.05, 0.1) is 54.4 Å². The van der Waals surface area contributed by atoms with Crippen LogP contribution in [0.5, 0.6) is 0 Å². The van der Waals surface area contributed by atoms with Crippen molar-refractivity contribution in [3.63, 3.8) is 0 Å². The Morgan fingerprint density at radius 2 is 0.288 bits per heavy atom. The Hall–Kier alpha value is -0.0800. The third-order valence-electron chi connectivity index (χ3n) is 12.5. The number of quaternary nitrogens is 2. The van der Waals surface area contributed by atoms with Crippen LogP contribution in [0.25, 0.3) is 0 Å². The number of unbranched alkanes of at least 4 members (excludes halogenated alkanes) is 37. The van der Waals surface area contributed by atoms with Gasteiger partial charge in [0.15, 0.2) is 0 Å². The van der Waals surface area contributed by atoms with E-state index in [9.17, 15) is 0 Å². The molecule has 0 heterocycles. The van der Waals surface area contributed by atoms with Crippen LogP contribution in [0.4, 0.5) is 0 Å². The first-order valence-electron chi connectivity index (χ1n) is 25.0. The van der Waals surface area contributed by atoms with E-state index in [-0.39, 0.29) is 0 Å². The van der Waals surface area contributed by atoms with Gasteiger partial charge in [-0.3, -0.25) is 0 Å². The van der Waals surface area contributed by atoms with Crippen molar-refractivity contribution in [1.29, 1.82) is 0 Å². The van der Waals surface area contributed by atoms with Crippen LogP contribution in [-0.4, -0.2) is 63.3 Å². The van der Waals surface area contributed by atoms with Crippen LogP contribution in [0, 0.1) is 0 Å². The molecular weight excluding hydrogens is 629 g/mol. The molecule has 0 unspecified atom stereocenters. The summed E-state index contributed by atoms with van der Waals surface area (Å²) in [5, 5.41) is 0. The first-order valence-corrected chi connectivity index (χ1v) is 25.0. The van der Waals surface area contributed by atoms with Crippen LogP contribution in [0.2, 0.25) is 0 Å². The molecule has 52 heavy (non-hydrogen) atoms. The van der Waals surface area contributed by atoms with Crippen LogP contribution >= 0.6 is 0 Å². The summed E-state index contributed by atoms with van der Waals surface area (Å²) in [7, 11) is 9.92. The summed E-state index contributed by atoms with van der Waals surface area (Å²) < 4.78 is 2.47. The lowest BCUT2D eigenvalue weighted by molar-refractivity contribution is -0.891. The van der Waals surface area contributed by atoms with Gasteiger partial charge < -0.3 is 8.97 Å². The van der Waals surface area contributed by atoms with E-state index >= 15 is 0 Å². The lowest BCUT2D eigenvalue weighted by Gasteiger charge is -2.31. The molecule has 0 aliphatic heterocycles. The molecule has 0 aliphatic rings. The van der Waals surface area contributed by atoms with Gasteiger partial charge in [0, 0.05) is 0 Å². The van der Waals surface area contributed by atoms with Crippen LogP contribution in [-0.2, 0) is 0 Å². The fourth-order valence-corrected chi connectivity index (χ4v) is 8.54. The van der Waals surface area contributed by atoms with Crippen molar-refractivity contribution in [2.45, 2.75) is 271 Å². The molecule has 0 radical (unpaired) electrons. The molecule has 0 bridgehead atoms. The average molecular weight is 735 g/mol. The molecule has 0 aromatic rings. The highest BCUT2D eigenvalue weighted by molar-refractivity contribution is 4.53. The molecule has 0 saturated carbocycles. The van der Waals surface area contributed by atoms with E-state index in [0.717, 1.165) is 0 Å². The first-order chi connectivity index (χ1) is 25.3. The molecule has 2 nitrogen and oxygen atoms in total. The monoisotopic (exact) mass is 735 g/mol. The fourth-order valence-electron chi connectivity index (χ4n) is 8.54. The fraction of sp³-hybridized carbons (Fsp3) is 1.00. The van der Waals surface area contributed by atoms with Crippen LogP contribution in [0.3, 0.4) is 0 Å². The van der Waals surface area contributed by atoms with E-state index in [2.05, 4.69) is 42.0 Å². The zero-order valence-electron chi connectivity index (χ0n) is 38.0. The predicted octanol–water partition coefficient (Wildman–Crippen LogP) is 16.8. The molecule has 0 N–H and O–H groups in total. The SMILES string of the molecule is CCCCCCCCCCCCCCCCCCCC[N+](C)(C)CCCCCC[N+](C)(C)CCCCCCCCCCCCCCCCCCCC. The van der Waals surface area contributed by atoms with Gasteiger partial charge in [0.2, 0.25) is 0 Å². The van der Waals surface area contributed by atoms with E-state index < -0.39 is 0 Å². The summed E-state index contributed by atoms with van der Waals surface area (Å²) in [6, 6.07) is 0. The van der Waals surface area contributed by atoms with Crippen molar-refractivity contribution < 1.29 is 8.97 Å². The summed E-state index contributed by atoms with van der Waals surface area (Å²) in [6.07, 6.45) is 58.5. The van der Waals surface area contributed by atoms with Gasteiger partial charge >= 0.3 is 0 Å². The number of nitrogens with zero attached hydrogens (tertiary/aromatic N) is 2. The lowest BCUT2D eigenvalue weighted by atomic mass is 10.0. The second-order valence-electron chi connectivity index (χ2n) is 19.2. The van der Waals surface area contributed by atoms with E-state index in [4.69, 9.17) is 0 Å². The third-order valence-corrected chi connectivity index (χ3v) is 12.5. The largest absolute Gasteiger partial charge is 0.328 e. The predicted molar refractivity (Wildman–Crippen MR) is 240 cm³/mol. The molecule has 0 atom stereocenters. The molecular formula is C50H106N2+2. The van der Waals surface area contributed by atoms with Gasteiger partial charge in [-0.1, -0.05) is 219 Å². The second kappa shape index (κ2) is 40.6. The Bertz CT molecular complexity index is 599. The second-order valence-corrected chi connectivity index (χ2v) is 19.2. The smallest absolute Gasteiger partial charge is 0.0782 e. The van der Waals surface area contributed by atoms with Crippen molar-refractivity contribution in [2.75, 3.05) is 54.4 Å². The summed E-state index contributed by atoms with van der Waals surface area (Å²) in [4.78, 5) is 0. The molecule has 0 aliphatic carbocycles. The molecule has 0 spiro atoms. The Balaban J connectivity index is 3.43.